The fourth-order valence-corrected chi connectivity index (χ4v) is 4.55. The van der Waals surface area contributed by atoms with Gasteiger partial charge in [-0.3, -0.25) is 4.55 Å². The van der Waals surface area contributed by atoms with Crippen LogP contribution in [0.5, 0.6) is 0 Å². The summed E-state index contributed by atoms with van der Waals surface area (Å²) >= 11 is 1.26. The number of carbonyl (C=O) groups is 1. The summed E-state index contributed by atoms with van der Waals surface area (Å²) < 4.78 is 65.4. The number of hydrogen-bond donors (Lipinski definition) is 1. The fraction of sp³-hybridized carbons (Fsp3) is 0.889. The summed E-state index contributed by atoms with van der Waals surface area (Å²) in [6.07, 6.45) is 0.0881. The zero-order valence-electron chi connectivity index (χ0n) is 9.36. The van der Waals surface area contributed by atoms with Crippen LogP contribution in [-0.4, -0.2) is 41.7 Å². The largest absolute Gasteiger partial charge is 0.465 e. The average molecular weight is 316 g/mol. The standard InChI is InChI=1S/C9H10F2O6S2/c10-9(11,19(13,14)15)8(12)16-6-3-1-4-5(2-3)18-17-7(4)6/h3-7H,1-2H2,(H,13,14,15). The van der Waals surface area contributed by atoms with Crippen LogP contribution in [0.1, 0.15) is 12.8 Å². The highest BCUT2D eigenvalue weighted by Gasteiger charge is 2.62. The number of halogens is 2. The van der Waals surface area contributed by atoms with E-state index in [0.29, 0.717) is 11.7 Å². The molecule has 0 spiro atoms. The Bertz CT molecular complexity index is 519. The molecule has 3 fully saturated rings. The molecule has 3 aliphatic rings. The zero-order chi connectivity index (χ0) is 14.0. The number of esters is 1. The molecule has 0 aromatic carbocycles. The maximum atomic E-state index is 13.1. The van der Waals surface area contributed by atoms with Crippen LogP contribution in [0.25, 0.3) is 0 Å². The molecule has 1 aliphatic heterocycles. The third-order valence-corrected chi connectivity index (χ3v) is 5.83. The molecule has 0 amide bonds. The lowest BCUT2D eigenvalue weighted by Crippen LogP contribution is -2.45. The topological polar surface area (TPSA) is 89.9 Å². The summed E-state index contributed by atoms with van der Waals surface area (Å²) in [4.78, 5) is 11.2. The zero-order valence-corrected chi connectivity index (χ0v) is 11.0. The number of ether oxygens (including phenoxy) is 1. The van der Waals surface area contributed by atoms with Gasteiger partial charge in [-0.15, -0.1) is 0 Å². The van der Waals surface area contributed by atoms with Crippen molar-refractivity contribution in [3.63, 3.8) is 0 Å². The Balaban J connectivity index is 1.75. The summed E-state index contributed by atoms with van der Waals surface area (Å²) in [5.41, 5.74) is 0. The van der Waals surface area contributed by atoms with Gasteiger partial charge in [-0.1, -0.05) is 0 Å². The average Bonchev–Trinajstić information content (AvgIpc) is 2.87. The first-order chi connectivity index (χ1) is 8.72. The maximum Gasteiger partial charge on any atom is 0.465 e. The molecule has 2 aliphatic carbocycles. The number of fused-ring (bicyclic) bond motifs is 1. The van der Waals surface area contributed by atoms with E-state index in [2.05, 4.69) is 4.74 Å². The van der Waals surface area contributed by atoms with E-state index in [4.69, 9.17) is 8.74 Å². The first-order valence-electron chi connectivity index (χ1n) is 5.60. The van der Waals surface area contributed by atoms with Gasteiger partial charge in [0.05, 0.1) is 0 Å². The lowest BCUT2D eigenvalue weighted by atomic mass is 9.94. The van der Waals surface area contributed by atoms with Crippen molar-refractivity contribution in [1.29, 1.82) is 0 Å². The second-order valence-electron chi connectivity index (χ2n) is 4.95. The molecule has 0 aromatic heterocycles. The molecule has 5 atom stereocenters. The second-order valence-corrected chi connectivity index (χ2v) is 7.41. The monoisotopic (exact) mass is 316 g/mol. The number of hydrogen-bond acceptors (Lipinski definition) is 6. The van der Waals surface area contributed by atoms with Gasteiger partial charge in [0.2, 0.25) is 0 Å². The van der Waals surface area contributed by atoms with Crippen LogP contribution in [0.15, 0.2) is 0 Å². The molecular formula is C9H10F2O6S2. The Hall–Kier alpha value is -0.450. The van der Waals surface area contributed by atoms with Crippen LogP contribution >= 0.6 is 12.0 Å². The summed E-state index contributed by atoms with van der Waals surface area (Å²) in [5.74, 6) is -2.17. The summed E-state index contributed by atoms with van der Waals surface area (Å²) in [6.45, 7) is 0. The summed E-state index contributed by atoms with van der Waals surface area (Å²) in [5, 5.41) is -4.65. The molecule has 6 nitrogen and oxygen atoms in total. The number of carbonyl (C=O) groups excluding carboxylic acids is 1. The molecule has 0 aromatic rings. The fourth-order valence-electron chi connectivity index (χ4n) is 3.03. The van der Waals surface area contributed by atoms with Crippen molar-refractivity contribution in [3.8, 4) is 0 Å². The van der Waals surface area contributed by atoms with Gasteiger partial charge in [-0.2, -0.15) is 17.2 Å². The van der Waals surface area contributed by atoms with Gasteiger partial charge >= 0.3 is 21.3 Å². The minimum atomic E-state index is -5.82. The Morgan fingerprint density at radius 3 is 2.74 bits per heavy atom. The van der Waals surface area contributed by atoms with Crippen LogP contribution < -0.4 is 0 Å². The third kappa shape index (κ3) is 1.88. The molecule has 108 valence electrons. The van der Waals surface area contributed by atoms with E-state index in [9.17, 15) is 22.0 Å². The third-order valence-electron chi connectivity index (χ3n) is 3.89. The molecule has 1 heterocycles. The van der Waals surface area contributed by atoms with Gasteiger partial charge in [0.15, 0.2) is 0 Å². The molecule has 19 heavy (non-hydrogen) atoms. The Labute approximate surface area is 111 Å². The second kappa shape index (κ2) is 4.03. The molecule has 2 bridgehead atoms. The quantitative estimate of drug-likeness (QED) is 0.468. The lowest BCUT2D eigenvalue weighted by molar-refractivity contribution is -0.173. The van der Waals surface area contributed by atoms with Gasteiger partial charge in [0, 0.05) is 17.1 Å². The lowest BCUT2D eigenvalue weighted by Gasteiger charge is -2.26. The summed E-state index contributed by atoms with van der Waals surface area (Å²) in [7, 11) is -5.82. The number of rotatable bonds is 3. The van der Waals surface area contributed by atoms with E-state index >= 15 is 0 Å². The van der Waals surface area contributed by atoms with Crippen molar-refractivity contribution in [2.24, 2.45) is 11.8 Å². The van der Waals surface area contributed by atoms with Gasteiger partial charge in [-0.05, 0) is 24.9 Å². The van der Waals surface area contributed by atoms with E-state index in [1.165, 1.54) is 12.0 Å². The van der Waals surface area contributed by atoms with Crippen molar-refractivity contribution < 1.29 is 35.5 Å². The van der Waals surface area contributed by atoms with Gasteiger partial charge in [0.1, 0.15) is 12.2 Å². The van der Waals surface area contributed by atoms with Crippen LogP contribution in [-0.2, 0) is 23.8 Å². The molecule has 1 N–H and O–H groups in total. The summed E-state index contributed by atoms with van der Waals surface area (Å²) in [6, 6.07) is 0. The highest BCUT2D eigenvalue weighted by molar-refractivity contribution is 7.95. The van der Waals surface area contributed by atoms with Crippen LogP contribution in [0.3, 0.4) is 0 Å². The van der Waals surface area contributed by atoms with Crippen LogP contribution in [0, 0.1) is 11.8 Å². The highest BCUT2D eigenvalue weighted by atomic mass is 32.2. The van der Waals surface area contributed by atoms with E-state index in [1.54, 1.807) is 0 Å². The predicted molar refractivity (Wildman–Crippen MR) is 58.8 cm³/mol. The molecule has 5 unspecified atom stereocenters. The highest BCUT2D eigenvalue weighted by Crippen LogP contribution is 2.58. The normalized spacial score (nSPS) is 40.7. The molecule has 3 rings (SSSR count). The first-order valence-corrected chi connectivity index (χ1v) is 7.84. The molecule has 1 saturated heterocycles. The van der Waals surface area contributed by atoms with Crippen molar-refractivity contribution in [3.05, 3.63) is 0 Å². The predicted octanol–water partition coefficient (Wildman–Crippen LogP) is 0.834. The Morgan fingerprint density at radius 2 is 2.11 bits per heavy atom. The van der Waals surface area contributed by atoms with Crippen molar-refractivity contribution in [1.82, 2.24) is 0 Å². The van der Waals surface area contributed by atoms with Gasteiger partial charge < -0.3 is 8.92 Å². The molecule has 0 radical (unpaired) electrons. The molecular weight excluding hydrogens is 306 g/mol. The van der Waals surface area contributed by atoms with Gasteiger partial charge in [0.25, 0.3) is 0 Å². The minimum absolute atomic E-state index is 0.0869. The number of alkyl halides is 2. The molecule has 2 saturated carbocycles. The van der Waals surface area contributed by atoms with E-state index in [-0.39, 0.29) is 11.8 Å². The van der Waals surface area contributed by atoms with Crippen molar-refractivity contribution in [2.45, 2.75) is 35.6 Å². The smallest absolute Gasteiger partial charge is 0.454 e. The SMILES string of the molecule is O=C(OC1C2CC3SOC1C3C2)C(F)(F)S(=O)(=O)O. The van der Waals surface area contributed by atoms with E-state index in [0.717, 1.165) is 6.42 Å². The Morgan fingerprint density at radius 1 is 1.42 bits per heavy atom. The van der Waals surface area contributed by atoms with Gasteiger partial charge in [-0.25, -0.2) is 4.79 Å². The Kier molecular flexibility index (Phi) is 2.87. The van der Waals surface area contributed by atoms with Crippen LogP contribution in [0.4, 0.5) is 8.78 Å². The maximum absolute atomic E-state index is 13.1. The van der Waals surface area contributed by atoms with E-state index < -0.39 is 33.5 Å². The van der Waals surface area contributed by atoms with Crippen LogP contribution in [0.2, 0.25) is 0 Å². The first kappa shape index (κ1) is 13.5. The minimum Gasteiger partial charge on any atom is -0.454 e. The van der Waals surface area contributed by atoms with Crippen molar-refractivity contribution in [2.75, 3.05) is 0 Å². The molecule has 10 heteroatoms. The van der Waals surface area contributed by atoms with E-state index in [1.807, 2.05) is 0 Å². The van der Waals surface area contributed by atoms with Crippen molar-refractivity contribution >= 4 is 28.1 Å².